The number of aryl methyl sites for hydroxylation is 1. The van der Waals surface area contributed by atoms with Crippen molar-refractivity contribution in [2.75, 3.05) is 6.26 Å². The fourth-order valence-electron chi connectivity index (χ4n) is 0.880. The highest BCUT2D eigenvalue weighted by molar-refractivity contribution is 7.93. The van der Waals surface area contributed by atoms with Gasteiger partial charge in [0.15, 0.2) is 9.84 Å². The number of sulfone groups is 1. The molecule has 13 heavy (non-hydrogen) atoms. The molecule has 0 atom stereocenters. The van der Waals surface area contributed by atoms with Crippen LogP contribution in [0.15, 0.2) is 29.7 Å². The largest absolute Gasteiger partial charge is 0.225 e. The molecule has 0 aliphatic carbocycles. The van der Waals surface area contributed by atoms with Gasteiger partial charge in [-0.15, -0.1) is 0 Å². The Labute approximate surface area is 78.8 Å². The number of rotatable bonds is 2. The van der Waals surface area contributed by atoms with Gasteiger partial charge in [0.05, 0.1) is 0 Å². The molecule has 0 N–H and O–H groups in total. The molecule has 1 rings (SSSR count). The quantitative estimate of drug-likeness (QED) is 0.725. The van der Waals surface area contributed by atoms with Crippen LogP contribution in [0.3, 0.4) is 0 Å². The summed E-state index contributed by atoms with van der Waals surface area (Å²) in [7, 11) is -3.01. The molecule has 70 valence electrons. The van der Waals surface area contributed by atoms with E-state index in [1.807, 2.05) is 31.2 Å². The lowest BCUT2D eigenvalue weighted by Crippen LogP contribution is -1.87. The highest BCUT2D eigenvalue weighted by Crippen LogP contribution is 2.05. The van der Waals surface area contributed by atoms with Gasteiger partial charge >= 0.3 is 0 Å². The molecule has 0 aromatic heterocycles. The fourth-order valence-corrected chi connectivity index (χ4v) is 1.28. The van der Waals surface area contributed by atoms with Crippen LogP contribution in [0.4, 0.5) is 0 Å². The third kappa shape index (κ3) is 3.90. The van der Waals surface area contributed by atoms with Gasteiger partial charge in [-0.05, 0) is 18.6 Å². The number of hydrogen-bond donors (Lipinski definition) is 0. The van der Waals surface area contributed by atoms with Crippen molar-refractivity contribution >= 4 is 15.9 Å². The molecule has 0 fully saturated rings. The first kappa shape index (κ1) is 9.99. The Kier molecular flexibility index (Phi) is 2.88. The van der Waals surface area contributed by atoms with Gasteiger partial charge in [0.2, 0.25) is 0 Å². The molecule has 0 saturated heterocycles. The normalized spacial score (nSPS) is 12.2. The molecule has 0 amide bonds. The van der Waals surface area contributed by atoms with Gasteiger partial charge < -0.3 is 0 Å². The van der Waals surface area contributed by atoms with Crippen molar-refractivity contribution in [2.45, 2.75) is 6.92 Å². The number of hydrogen-bond acceptors (Lipinski definition) is 2. The Morgan fingerprint density at radius 1 is 1.15 bits per heavy atom. The molecule has 0 radical (unpaired) electrons. The molecular weight excluding hydrogens is 184 g/mol. The summed E-state index contributed by atoms with van der Waals surface area (Å²) in [4.78, 5) is 0. The van der Waals surface area contributed by atoms with Crippen LogP contribution >= 0.6 is 0 Å². The Balaban J connectivity index is 2.88. The van der Waals surface area contributed by atoms with E-state index < -0.39 is 9.84 Å². The standard InChI is InChI=1S/C10H12O2S/c1-9-3-5-10(6-4-9)7-8-13(2,11)12/h3-8H,1-2H3. The van der Waals surface area contributed by atoms with Crippen LogP contribution in [-0.2, 0) is 9.84 Å². The second-order valence-electron chi connectivity index (χ2n) is 3.04. The van der Waals surface area contributed by atoms with Gasteiger partial charge in [-0.1, -0.05) is 29.8 Å². The summed E-state index contributed by atoms with van der Waals surface area (Å²) >= 11 is 0. The minimum absolute atomic E-state index is 0.899. The van der Waals surface area contributed by atoms with Crippen LogP contribution < -0.4 is 0 Å². The summed E-state index contributed by atoms with van der Waals surface area (Å²) in [6.45, 7) is 1.99. The van der Waals surface area contributed by atoms with E-state index in [1.54, 1.807) is 6.08 Å². The summed E-state index contributed by atoms with van der Waals surface area (Å²) in [5.41, 5.74) is 2.06. The lowest BCUT2D eigenvalue weighted by Gasteiger charge is -1.93. The van der Waals surface area contributed by atoms with E-state index in [2.05, 4.69) is 0 Å². The Morgan fingerprint density at radius 3 is 2.15 bits per heavy atom. The highest BCUT2D eigenvalue weighted by atomic mass is 32.2. The maximum atomic E-state index is 10.8. The van der Waals surface area contributed by atoms with Crippen LogP contribution in [0.1, 0.15) is 11.1 Å². The lowest BCUT2D eigenvalue weighted by atomic mass is 10.2. The van der Waals surface area contributed by atoms with E-state index in [9.17, 15) is 8.42 Å². The van der Waals surface area contributed by atoms with E-state index in [-0.39, 0.29) is 0 Å². The van der Waals surface area contributed by atoms with Crippen LogP contribution in [0.2, 0.25) is 0 Å². The molecule has 0 aliphatic rings. The first-order valence-electron chi connectivity index (χ1n) is 3.92. The maximum Gasteiger partial charge on any atom is 0.168 e. The molecule has 0 unspecified atom stereocenters. The molecule has 3 heteroatoms. The van der Waals surface area contributed by atoms with Crippen molar-refractivity contribution in [3.8, 4) is 0 Å². The third-order valence-corrected chi connectivity index (χ3v) is 2.22. The van der Waals surface area contributed by atoms with Gasteiger partial charge in [0.1, 0.15) is 0 Å². The molecule has 0 bridgehead atoms. The molecule has 0 aliphatic heterocycles. The van der Waals surface area contributed by atoms with Gasteiger partial charge in [-0.2, -0.15) is 0 Å². The molecule has 0 saturated carbocycles. The molecular formula is C10H12O2S. The van der Waals surface area contributed by atoms with E-state index in [1.165, 1.54) is 11.7 Å². The zero-order chi connectivity index (χ0) is 9.90. The maximum absolute atomic E-state index is 10.8. The second kappa shape index (κ2) is 3.75. The molecule has 1 aromatic carbocycles. The molecule has 0 spiro atoms. The van der Waals surface area contributed by atoms with Crippen LogP contribution in [-0.4, -0.2) is 14.7 Å². The molecule has 0 heterocycles. The van der Waals surface area contributed by atoms with Gasteiger partial charge in [0, 0.05) is 11.7 Å². The van der Waals surface area contributed by atoms with Gasteiger partial charge in [-0.25, -0.2) is 8.42 Å². The summed E-state index contributed by atoms with van der Waals surface area (Å²) in [6.07, 6.45) is 2.77. The predicted octanol–water partition coefficient (Wildman–Crippen LogP) is 2.01. The van der Waals surface area contributed by atoms with Crippen LogP contribution in [0.5, 0.6) is 0 Å². The molecule has 1 aromatic rings. The lowest BCUT2D eigenvalue weighted by molar-refractivity contribution is 0.610. The zero-order valence-corrected chi connectivity index (χ0v) is 8.51. The first-order valence-corrected chi connectivity index (χ1v) is 5.88. The Morgan fingerprint density at radius 2 is 1.69 bits per heavy atom. The van der Waals surface area contributed by atoms with Crippen LogP contribution in [0, 0.1) is 6.92 Å². The monoisotopic (exact) mass is 196 g/mol. The zero-order valence-electron chi connectivity index (χ0n) is 7.69. The van der Waals surface area contributed by atoms with Crippen molar-refractivity contribution in [2.24, 2.45) is 0 Å². The Hall–Kier alpha value is -1.09. The first-order chi connectivity index (χ1) is 5.97. The van der Waals surface area contributed by atoms with Crippen molar-refractivity contribution < 1.29 is 8.42 Å². The SMILES string of the molecule is Cc1ccc(C=CS(C)(=O)=O)cc1. The average molecular weight is 196 g/mol. The van der Waals surface area contributed by atoms with Crippen molar-refractivity contribution in [1.29, 1.82) is 0 Å². The molecule has 2 nitrogen and oxygen atoms in total. The smallest absolute Gasteiger partial charge is 0.168 e. The summed E-state index contributed by atoms with van der Waals surface area (Å²) < 4.78 is 21.6. The van der Waals surface area contributed by atoms with Gasteiger partial charge in [-0.3, -0.25) is 0 Å². The van der Waals surface area contributed by atoms with E-state index in [0.717, 1.165) is 11.1 Å². The Bertz CT molecular complexity index is 399. The van der Waals surface area contributed by atoms with Crippen molar-refractivity contribution in [3.63, 3.8) is 0 Å². The third-order valence-electron chi connectivity index (χ3n) is 1.59. The fraction of sp³-hybridized carbons (Fsp3) is 0.200. The van der Waals surface area contributed by atoms with E-state index in [4.69, 9.17) is 0 Å². The summed E-state index contributed by atoms with van der Waals surface area (Å²) in [5, 5.41) is 1.21. The van der Waals surface area contributed by atoms with Crippen molar-refractivity contribution in [1.82, 2.24) is 0 Å². The number of benzene rings is 1. The topological polar surface area (TPSA) is 34.1 Å². The highest BCUT2D eigenvalue weighted by Gasteiger charge is 1.92. The van der Waals surface area contributed by atoms with Gasteiger partial charge in [0.25, 0.3) is 0 Å². The minimum Gasteiger partial charge on any atom is -0.225 e. The average Bonchev–Trinajstić information content (AvgIpc) is 2.02. The second-order valence-corrected chi connectivity index (χ2v) is 4.97. The van der Waals surface area contributed by atoms with Crippen molar-refractivity contribution in [3.05, 3.63) is 40.8 Å². The predicted molar refractivity (Wildman–Crippen MR) is 55.1 cm³/mol. The van der Waals surface area contributed by atoms with E-state index in [0.29, 0.717) is 0 Å². The van der Waals surface area contributed by atoms with Crippen LogP contribution in [0.25, 0.3) is 6.08 Å². The minimum atomic E-state index is -3.01. The summed E-state index contributed by atoms with van der Waals surface area (Å²) in [6, 6.07) is 7.66. The van der Waals surface area contributed by atoms with E-state index >= 15 is 0 Å². The summed E-state index contributed by atoms with van der Waals surface area (Å²) in [5.74, 6) is 0.